The zero-order valence-corrected chi connectivity index (χ0v) is 20.1. The molecule has 0 saturated heterocycles. The Kier molecular flexibility index (Phi) is 11.7. The second-order valence-electron chi connectivity index (χ2n) is 9.07. The summed E-state index contributed by atoms with van der Waals surface area (Å²) in [6.07, 6.45) is 2.09. The average molecular weight is 443 g/mol. The average Bonchev–Trinajstić information content (AvgIpc) is 2.77. The summed E-state index contributed by atoms with van der Waals surface area (Å²) in [7, 11) is 0. The Labute approximate surface area is 192 Å². The van der Waals surface area contributed by atoms with Crippen molar-refractivity contribution in [1.82, 2.24) is 11.0 Å². The zero-order valence-electron chi connectivity index (χ0n) is 20.1. The van der Waals surface area contributed by atoms with Gasteiger partial charge in [0.25, 0.3) is 11.8 Å². The molecule has 0 aliphatic heterocycles. The van der Waals surface area contributed by atoms with Gasteiger partial charge in [-0.25, -0.2) is 11.0 Å². The van der Waals surface area contributed by atoms with Gasteiger partial charge in [-0.3, -0.25) is 20.0 Å². The van der Waals surface area contributed by atoms with Gasteiger partial charge in [0, 0.05) is 0 Å². The Morgan fingerprint density at radius 1 is 0.625 bits per heavy atom. The largest absolute Gasteiger partial charge is 0.289 e. The predicted octanol–water partition coefficient (Wildman–Crippen LogP) is 4.99. The van der Waals surface area contributed by atoms with Crippen molar-refractivity contribution in [2.75, 3.05) is 0 Å². The highest BCUT2D eigenvalue weighted by Crippen LogP contribution is 2.18. The van der Waals surface area contributed by atoms with Crippen LogP contribution in [0.15, 0.2) is 48.5 Å². The lowest BCUT2D eigenvalue weighted by atomic mass is 9.96. The molecule has 176 valence electrons. The minimum absolute atomic E-state index is 0.321. The van der Waals surface area contributed by atoms with Crippen LogP contribution in [0.25, 0.3) is 0 Å². The minimum atomic E-state index is -0.378. The first-order valence-corrected chi connectivity index (χ1v) is 11.1. The first-order chi connectivity index (χ1) is 15.1. The molecule has 0 aromatic heterocycles. The number of hydrogen-bond acceptors (Lipinski definition) is 4. The first kappa shape index (κ1) is 27.3. The summed E-state index contributed by atoms with van der Waals surface area (Å²) >= 11 is 0. The van der Waals surface area contributed by atoms with E-state index in [-0.39, 0.29) is 23.7 Å². The van der Waals surface area contributed by atoms with Gasteiger partial charge in [-0.2, -0.15) is 0 Å². The normalized spacial score (nSPS) is 12.6. The van der Waals surface area contributed by atoms with Crippen molar-refractivity contribution >= 4 is 11.8 Å². The van der Waals surface area contributed by atoms with Crippen LogP contribution in [0.5, 0.6) is 0 Å². The maximum Gasteiger partial charge on any atom is 0.250 e. The quantitative estimate of drug-likeness (QED) is 0.342. The zero-order chi connectivity index (χ0) is 24.3. The van der Waals surface area contributed by atoms with Gasteiger partial charge in [0.1, 0.15) is 0 Å². The van der Waals surface area contributed by atoms with Gasteiger partial charge in [0.05, 0.1) is 11.8 Å². The summed E-state index contributed by atoms with van der Waals surface area (Å²) in [6, 6.07) is 15.9. The number of carbonyl (C=O) groups excluding carboxylic acids is 2. The Hall–Kier alpha value is -2.70. The summed E-state index contributed by atoms with van der Waals surface area (Å²) in [4.78, 5) is 22.4. The van der Waals surface area contributed by atoms with E-state index in [1.54, 1.807) is 24.8 Å². The Morgan fingerprint density at radius 3 is 1.12 bits per heavy atom. The van der Waals surface area contributed by atoms with Crippen LogP contribution >= 0.6 is 0 Å². The van der Waals surface area contributed by atoms with E-state index >= 15 is 0 Å². The molecule has 4 N–H and O–H groups in total. The molecule has 2 unspecified atom stereocenters. The molecule has 2 amide bonds. The van der Waals surface area contributed by atoms with Crippen molar-refractivity contribution in [1.29, 1.82) is 0 Å². The van der Waals surface area contributed by atoms with Gasteiger partial charge in [-0.15, -0.1) is 0 Å². The highest BCUT2D eigenvalue weighted by atomic mass is 16.5. The highest BCUT2D eigenvalue weighted by molar-refractivity contribution is 5.82. The van der Waals surface area contributed by atoms with E-state index in [1.165, 1.54) is 11.1 Å². The van der Waals surface area contributed by atoms with E-state index in [9.17, 15) is 9.59 Å². The van der Waals surface area contributed by atoms with Gasteiger partial charge < -0.3 is 0 Å². The van der Waals surface area contributed by atoms with Crippen LogP contribution in [-0.2, 0) is 22.4 Å². The molecule has 0 aliphatic carbocycles. The smallest absolute Gasteiger partial charge is 0.250 e. The minimum Gasteiger partial charge on any atom is -0.289 e. The van der Waals surface area contributed by atoms with Crippen molar-refractivity contribution < 1.29 is 20.0 Å². The third kappa shape index (κ3) is 9.20. The van der Waals surface area contributed by atoms with E-state index in [2.05, 4.69) is 27.7 Å². The summed E-state index contributed by atoms with van der Waals surface area (Å²) < 4.78 is 0. The van der Waals surface area contributed by atoms with Crippen LogP contribution in [0.1, 0.15) is 75.6 Å². The van der Waals surface area contributed by atoms with Crippen LogP contribution in [0.2, 0.25) is 0 Å². The van der Waals surface area contributed by atoms with Gasteiger partial charge in [-0.1, -0.05) is 76.2 Å². The molecule has 2 atom stereocenters. The lowest BCUT2D eigenvalue weighted by molar-refractivity contribution is -0.131. The molecule has 6 heteroatoms. The molecule has 0 heterocycles. The van der Waals surface area contributed by atoms with Crippen molar-refractivity contribution in [3.05, 3.63) is 70.8 Å². The van der Waals surface area contributed by atoms with Gasteiger partial charge in [0.2, 0.25) is 0 Å². The molecule has 0 fully saturated rings. The van der Waals surface area contributed by atoms with Gasteiger partial charge in [0.15, 0.2) is 0 Å². The molecule has 6 nitrogen and oxygen atoms in total. The van der Waals surface area contributed by atoms with Gasteiger partial charge >= 0.3 is 0 Å². The van der Waals surface area contributed by atoms with Crippen molar-refractivity contribution in [3.8, 4) is 0 Å². The number of nitrogens with one attached hydrogen (secondary N) is 2. The van der Waals surface area contributed by atoms with E-state index in [0.29, 0.717) is 11.8 Å². The standard InChI is InChI=1S/2C13H19NO2/c2*1-9(2)8-11-4-6-12(7-5-11)10(3)13(15)14-16/h2*4-7,9-10,16H,8H2,1-3H3,(H,14,15). The lowest BCUT2D eigenvalue weighted by Crippen LogP contribution is -2.24. The second kappa shape index (κ2) is 13.7. The molecule has 2 rings (SSSR count). The molecule has 0 spiro atoms. The molecule has 2 aromatic rings. The Morgan fingerprint density at radius 2 is 0.906 bits per heavy atom. The number of carbonyl (C=O) groups is 2. The summed E-state index contributed by atoms with van der Waals surface area (Å²) in [5.41, 5.74) is 7.72. The van der Waals surface area contributed by atoms with Crippen LogP contribution < -0.4 is 11.0 Å². The second-order valence-corrected chi connectivity index (χ2v) is 9.07. The summed E-state index contributed by atoms with van der Waals surface area (Å²) in [6.45, 7) is 12.2. The molecule has 0 bridgehead atoms. The summed E-state index contributed by atoms with van der Waals surface area (Å²) in [5, 5.41) is 17.1. The van der Waals surface area contributed by atoms with Crippen LogP contribution in [0.3, 0.4) is 0 Å². The predicted molar refractivity (Wildman–Crippen MR) is 127 cm³/mol. The van der Waals surface area contributed by atoms with Crippen LogP contribution in [0, 0.1) is 11.8 Å². The third-order valence-corrected chi connectivity index (χ3v) is 5.25. The lowest BCUT2D eigenvalue weighted by Gasteiger charge is -2.11. The number of benzene rings is 2. The molecule has 0 radical (unpaired) electrons. The maximum atomic E-state index is 11.2. The monoisotopic (exact) mass is 442 g/mol. The number of amides is 2. The van der Waals surface area contributed by atoms with Crippen LogP contribution in [0.4, 0.5) is 0 Å². The van der Waals surface area contributed by atoms with E-state index in [4.69, 9.17) is 10.4 Å². The maximum absolute atomic E-state index is 11.2. The molecular formula is C26H38N2O4. The fourth-order valence-electron chi connectivity index (χ4n) is 3.32. The molecule has 2 aromatic carbocycles. The van der Waals surface area contributed by atoms with E-state index in [1.807, 2.05) is 48.5 Å². The fraction of sp³-hybridized carbons (Fsp3) is 0.462. The topological polar surface area (TPSA) is 98.7 Å². The first-order valence-electron chi connectivity index (χ1n) is 11.1. The molecule has 0 saturated carbocycles. The number of hydrogen-bond donors (Lipinski definition) is 4. The Balaban J connectivity index is 0.000000320. The Bertz CT molecular complexity index is 758. The fourth-order valence-corrected chi connectivity index (χ4v) is 3.32. The van der Waals surface area contributed by atoms with Crippen molar-refractivity contribution in [2.45, 2.75) is 66.2 Å². The third-order valence-electron chi connectivity index (χ3n) is 5.25. The van der Waals surface area contributed by atoms with E-state index < -0.39 is 0 Å². The van der Waals surface area contributed by atoms with E-state index in [0.717, 1.165) is 24.0 Å². The molecule has 0 aliphatic rings. The van der Waals surface area contributed by atoms with Gasteiger partial charge in [-0.05, 0) is 60.8 Å². The van der Waals surface area contributed by atoms with Crippen molar-refractivity contribution in [3.63, 3.8) is 0 Å². The molecular weight excluding hydrogens is 404 g/mol. The van der Waals surface area contributed by atoms with Crippen LogP contribution in [-0.4, -0.2) is 22.2 Å². The number of rotatable bonds is 8. The highest BCUT2D eigenvalue weighted by Gasteiger charge is 2.14. The SMILES string of the molecule is CC(C)Cc1ccc(C(C)C(=O)NO)cc1.CC(C)Cc1ccc(C(C)C(=O)NO)cc1. The van der Waals surface area contributed by atoms with Crippen molar-refractivity contribution in [2.24, 2.45) is 11.8 Å². The number of hydroxylamine groups is 2. The summed E-state index contributed by atoms with van der Waals surface area (Å²) in [5.74, 6) is -0.141. The molecule has 32 heavy (non-hydrogen) atoms.